The molecule has 0 aliphatic heterocycles. The van der Waals surface area contributed by atoms with Gasteiger partial charge in [-0.25, -0.2) is 0 Å². The van der Waals surface area contributed by atoms with E-state index in [-0.39, 0.29) is 5.54 Å². The lowest BCUT2D eigenvalue weighted by atomic mass is 9.91. The maximum atomic E-state index is 3.61. The van der Waals surface area contributed by atoms with E-state index in [0.29, 0.717) is 5.92 Å². The van der Waals surface area contributed by atoms with Gasteiger partial charge in [0.2, 0.25) is 0 Å². The van der Waals surface area contributed by atoms with Gasteiger partial charge in [-0.15, -0.1) is 0 Å². The Bertz CT molecular complexity index is 160. The van der Waals surface area contributed by atoms with Crippen LogP contribution in [0.4, 0.5) is 0 Å². The van der Waals surface area contributed by atoms with Gasteiger partial charge in [0.15, 0.2) is 0 Å². The van der Waals surface area contributed by atoms with Crippen molar-refractivity contribution < 1.29 is 0 Å². The van der Waals surface area contributed by atoms with Crippen LogP contribution in [0.1, 0.15) is 54.4 Å². The van der Waals surface area contributed by atoms with Crippen LogP contribution < -0.4 is 10.6 Å². The fourth-order valence-corrected chi connectivity index (χ4v) is 1.56. The summed E-state index contributed by atoms with van der Waals surface area (Å²) in [5.74, 6) is 1.52. The molecule has 2 nitrogen and oxygen atoms in total. The predicted molar refractivity (Wildman–Crippen MR) is 73.9 cm³/mol. The number of rotatable bonds is 9. The average Bonchev–Trinajstić information content (AvgIpc) is 2.23. The summed E-state index contributed by atoms with van der Waals surface area (Å²) in [6, 6.07) is 0. The molecule has 0 fully saturated rings. The Morgan fingerprint density at radius 1 is 1.00 bits per heavy atom. The first-order chi connectivity index (χ1) is 7.44. The SMILES string of the molecule is CCC(CC)CNCCNC(C)(C)C(C)C. The second-order valence-corrected chi connectivity index (χ2v) is 5.69. The van der Waals surface area contributed by atoms with E-state index in [0.717, 1.165) is 25.6 Å². The van der Waals surface area contributed by atoms with Crippen LogP contribution in [0.25, 0.3) is 0 Å². The van der Waals surface area contributed by atoms with Crippen LogP contribution in [0.3, 0.4) is 0 Å². The minimum atomic E-state index is 0.247. The first-order valence-electron chi connectivity index (χ1n) is 6.89. The molecule has 0 spiro atoms. The Morgan fingerprint density at radius 2 is 1.56 bits per heavy atom. The summed E-state index contributed by atoms with van der Waals surface area (Å²) in [7, 11) is 0. The molecule has 2 heteroatoms. The van der Waals surface area contributed by atoms with Crippen molar-refractivity contribution in [3.05, 3.63) is 0 Å². The fraction of sp³-hybridized carbons (Fsp3) is 1.00. The van der Waals surface area contributed by atoms with Crippen molar-refractivity contribution in [1.29, 1.82) is 0 Å². The van der Waals surface area contributed by atoms with E-state index in [9.17, 15) is 0 Å². The average molecular weight is 228 g/mol. The molecule has 0 saturated heterocycles. The highest BCUT2D eigenvalue weighted by Crippen LogP contribution is 2.14. The summed E-state index contributed by atoms with van der Waals surface area (Å²) < 4.78 is 0. The molecule has 0 heterocycles. The van der Waals surface area contributed by atoms with Crippen molar-refractivity contribution >= 4 is 0 Å². The van der Waals surface area contributed by atoms with Gasteiger partial charge < -0.3 is 10.6 Å². The van der Waals surface area contributed by atoms with E-state index in [2.05, 4.69) is 52.2 Å². The Hall–Kier alpha value is -0.0800. The second-order valence-electron chi connectivity index (χ2n) is 5.69. The predicted octanol–water partition coefficient (Wildman–Crippen LogP) is 3.04. The van der Waals surface area contributed by atoms with E-state index in [1.54, 1.807) is 0 Å². The minimum Gasteiger partial charge on any atom is -0.315 e. The third-order valence-electron chi connectivity index (χ3n) is 3.91. The summed E-state index contributed by atoms with van der Waals surface area (Å²) in [5.41, 5.74) is 0.247. The summed E-state index contributed by atoms with van der Waals surface area (Å²) in [6.45, 7) is 16.9. The van der Waals surface area contributed by atoms with Crippen molar-refractivity contribution in [2.24, 2.45) is 11.8 Å². The van der Waals surface area contributed by atoms with Gasteiger partial charge in [-0.3, -0.25) is 0 Å². The smallest absolute Gasteiger partial charge is 0.0148 e. The Kier molecular flexibility index (Phi) is 8.04. The van der Waals surface area contributed by atoms with Crippen molar-refractivity contribution in [2.75, 3.05) is 19.6 Å². The molecule has 0 bridgehead atoms. The topological polar surface area (TPSA) is 24.1 Å². The molecule has 0 aliphatic rings. The third-order valence-corrected chi connectivity index (χ3v) is 3.91. The molecule has 0 atom stereocenters. The quantitative estimate of drug-likeness (QED) is 0.593. The monoisotopic (exact) mass is 228 g/mol. The Balaban J connectivity index is 3.53. The van der Waals surface area contributed by atoms with Gasteiger partial charge in [-0.2, -0.15) is 0 Å². The zero-order valence-electron chi connectivity index (χ0n) is 12.2. The molecular formula is C14H32N2. The highest BCUT2D eigenvalue weighted by atomic mass is 15.0. The first kappa shape index (κ1) is 15.9. The van der Waals surface area contributed by atoms with E-state index in [1.165, 1.54) is 12.8 Å². The highest BCUT2D eigenvalue weighted by Gasteiger charge is 2.20. The van der Waals surface area contributed by atoms with Crippen molar-refractivity contribution in [2.45, 2.75) is 59.9 Å². The molecule has 98 valence electrons. The number of nitrogens with one attached hydrogen (secondary N) is 2. The van der Waals surface area contributed by atoms with Crippen molar-refractivity contribution in [3.63, 3.8) is 0 Å². The molecule has 16 heavy (non-hydrogen) atoms. The van der Waals surface area contributed by atoms with Gasteiger partial charge in [-0.05, 0) is 32.2 Å². The molecule has 0 aromatic rings. The molecule has 0 rings (SSSR count). The molecule has 0 amide bonds. The minimum absolute atomic E-state index is 0.247. The van der Waals surface area contributed by atoms with Gasteiger partial charge in [0.25, 0.3) is 0 Å². The zero-order chi connectivity index (χ0) is 12.6. The van der Waals surface area contributed by atoms with E-state index in [1.807, 2.05) is 0 Å². The fourth-order valence-electron chi connectivity index (χ4n) is 1.56. The molecule has 0 aliphatic carbocycles. The van der Waals surface area contributed by atoms with Gasteiger partial charge in [0.05, 0.1) is 0 Å². The summed E-state index contributed by atoms with van der Waals surface area (Å²) in [6.07, 6.45) is 2.57. The maximum Gasteiger partial charge on any atom is 0.0148 e. The van der Waals surface area contributed by atoms with Gasteiger partial charge in [0.1, 0.15) is 0 Å². The highest BCUT2D eigenvalue weighted by molar-refractivity contribution is 4.80. The summed E-state index contributed by atoms with van der Waals surface area (Å²) >= 11 is 0. The van der Waals surface area contributed by atoms with Crippen LogP contribution in [0, 0.1) is 11.8 Å². The normalized spacial score (nSPS) is 12.8. The van der Waals surface area contributed by atoms with Crippen molar-refractivity contribution in [3.8, 4) is 0 Å². The largest absolute Gasteiger partial charge is 0.315 e. The molecular weight excluding hydrogens is 196 g/mol. The lowest BCUT2D eigenvalue weighted by Gasteiger charge is -2.31. The van der Waals surface area contributed by atoms with Crippen molar-refractivity contribution in [1.82, 2.24) is 10.6 Å². The Labute approximate surface area is 103 Å². The standard InChI is InChI=1S/C14H32N2/c1-7-13(8-2)11-15-9-10-16-14(5,6)12(3)4/h12-13,15-16H,7-11H2,1-6H3. The van der Waals surface area contributed by atoms with Gasteiger partial charge in [-0.1, -0.05) is 40.5 Å². The molecule has 2 N–H and O–H groups in total. The first-order valence-corrected chi connectivity index (χ1v) is 6.89. The molecule has 0 aromatic carbocycles. The number of hydrogen-bond acceptors (Lipinski definition) is 2. The second kappa shape index (κ2) is 8.08. The van der Waals surface area contributed by atoms with Crippen LogP contribution in [-0.2, 0) is 0 Å². The van der Waals surface area contributed by atoms with Gasteiger partial charge in [0, 0.05) is 18.6 Å². The summed E-state index contributed by atoms with van der Waals surface area (Å²) in [5, 5.41) is 7.14. The van der Waals surface area contributed by atoms with Crippen LogP contribution in [-0.4, -0.2) is 25.2 Å². The lowest BCUT2D eigenvalue weighted by Crippen LogP contribution is -2.46. The molecule has 0 saturated carbocycles. The van der Waals surface area contributed by atoms with E-state index < -0.39 is 0 Å². The van der Waals surface area contributed by atoms with E-state index >= 15 is 0 Å². The van der Waals surface area contributed by atoms with Crippen LogP contribution in [0.2, 0.25) is 0 Å². The zero-order valence-corrected chi connectivity index (χ0v) is 12.2. The Morgan fingerprint density at radius 3 is 2.00 bits per heavy atom. The molecule has 0 unspecified atom stereocenters. The van der Waals surface area contributed by atoms with E-state index in [4.69, 9.17) is 0 Å². The molecule has 0 aromatic heterocycles. The van der Waals surface area contributed by atoms with Crippen LogP contribution >= 0.6 is 0 Å². The van der Waals surface area contributed by atoms with Crippen LogP contribution in [0.15, 0.2) is 0 Å². The third kappa shape index (κ3) is 6.49. The number of hydrogen-bond donors (Lipinski definition) is 2. The van der Waals surface area contributed by atoms with Crippen LogP contribution in [0.5, 0.6) is 0 Å². The molecule has 0 radical (unpaired) electrons. The maximum absolute atomic E-state index is 3.61. The van der Waals surface area contributed by atoms with Gasteiger partial charge >= 0.3 is 0 Å². The lowest BCUT2D eigenvalue weighted by molar-refractivity contribution is 0.287. The summed E-state index contributed by atoms with van der Waals surface area (Å²) in [4.78, 5) is 0.